The average molecular weight is 350 g/mol. The zero-order chi connectivity index (χ0) is 16.9. The highest BCUT2D eigenvalue weighted by atomic mass is 32.1. The molecule has 0 unspecified atom stereocenters. The summed E-state index contributed by atoms with van der Waals surface area (Å²) < 4.78 is 3.90. The van der Waals surface area contributed by atoms with Gasteiger partial charge in [-0.25, -0.2) is 0 Å². The van der Waals surface area contributed by atoms with E-state index in [-0.39, 0.29) is 17.9 Å². The molecule has 6 nitrogen and oxygen atoms in total. The first-order chi connectivity index (χ1) is 11.7. The number of nitrogens with zero attached hydrogens (tertiary/aromatic N) is 3. The molecule has 1 aromatic rings. The van der Waals surface area contributed by atoms with Crippen LogP contribution in [0.2, 0.25) is 0 Å². The van der Waals surface area contributed by atoms with E-state index in [9.17, 15) is 9.59 Å². The van der Waals surface area contributed by atoms with Crippen molar-refractivity contribution in [2.45, 2.75) is 64.3 Å². The first-order valence-electron chi connectivity index (χ1n) is 9.07. The highest BCUT2D eigenvalue weighted by Crippen LogP contribution is 2.26. The molecule has 1 aliphatic heterocycles. The largest absolute Gasteiger partial charge is 0.346 e. The summed E-state index contributed by atoms with van der Waals surface area (Å²) in [5, 5.41) is 7.05. The van der Waals surface area contributed by atoms with Crippen LogP contribution in [0.4, 0.5) is 0 Å². The number of nitrogens with one attached hydrogen (secondary N) is 1. The molecule has 132 valence electrons. The predicted molar refractivity (Wildman–Crippen MR) is 92.9 cm³/mol. The quantitative estimate of drug-likeness (QED) is 0.855. The Bertz CT molecular complexity index is 583. The number of hydrogen-bond donors (Lipinski definition) is 1. The minimum absolute atomic E-state index is 0.0924. The highest BCUT2D eigenvalue weighted by molar-refractivity contribution is 7.08. The van der Waals surface area contributed by atoms with Crippen LogP contribution in [0.3, 0.4) is 0 Å². The average Bonchev–Trinajstić information content (AvgIpc) is 3.16. The van der Waals surface area contributed by atoms with Crippen molar-refractivity contribution in [2.24, 2.45) is 5.92 Å². The fourth-order valence-electron chi connectivity index (χ4n) is 3.76. The molecule has 0 radical (unpaired) electrons. The molecule has 2 amide bonds. The van der Waals surface area contributed by atoms with E-state index in [1.54, 1.807) is 0 Å². The maximum absolute atomic E-state index is 12.5. The van der Waals surface area contributed by atoms with Gasteiger partial charge in [-0.3, -0.25) is 9.59 Å². The lowest BCUT2D eigenvalue weighted by atomic mass is 9.89. The number of aromatic nitrogens is 2. The topological polar surface area (TPSA) is 75.2 Å². The molecule has 1 saturated carbocycles. The van der Waals surface area contributed by atoms with Crippen LogP contribution in [0.25, 0.3) is 0 Å². The second kappa shape index (κ2) is 8.05. The standard InChI is InChI=1S/C17H26N4O2S/c1-2-6-14-16(24-20-19-14)17(23)18-13-9-15(22)21(11-13)10-12-7-4-3-5-8-12/h12-13H,2-11H2,1H3,(H,18,23)/t13-/m0/s1. The van der Waals surface area contributed by atoms with Crippen LogP contribution in [0.15, 0.2) is 0 Å². The third kappa shape index (κ3) is 4.12. The number of likely N-dealkylation sites (tertiary alicyclic amines) is 1. The lowest BCUT2D eigenvalue weighted by Crippen LogP contribution is -2.38. The van der Waals surface area contributed by atoms with Gasteiger partial charge in [-0.2, -0.15) is 0 Å². The van der Waals surface area contributed by atoms with Crippen LogP contribution in [0, 0.1) is 5.92 Å². The minimum atomic E-state index is -0.134. The zero-order valence-electron chi connectivity index (χ0n) is 14.3. The molecular weight excluding hydrogens is 324 g/mol. The Labute approximate surface area is 147 Å². The second-order valence-corrected chi connectivity index (χ2v) is 7.73. The summed E-state index contributed by atoms with van der Waals surface area (Å²) in [7, 11) is 0. The highest BCUT2D eigenvalue weighted by Gasteiger charge is 2.33. The van der Waals surface area contributed by atoms with Crippen molar-refractivity contribution >= 4 is 23.3 Å². The molecule has 1 saturated heterocycles. The molecule has 1 atom stereocenters. The van der Waals surface area contributed by atoms with Crippen molar-refractivity contribution in [3.63, 3.8) is 0 Å². The Morgan fingerprint density at radius 3 is 2.88 bits per heavy atom. The van der Waals surface area contributed by atoms with Gasteiger partial charge in [0.25, 0.3) is 5.91 Å². The van der Waals surface area contributed by atoms with Crippen LogP contribution in [0.1, 0.15) is 67.2 Å². The SMILES string of the molecule is CCCc1nnsc1C(=O)N[C@H]1CC(=O)N(CC2CCCCC2)C1. The van der Waals surface area contributed by atoms with Gasteiger partial charge in [0.2, 0.25) is 5.91 Å². The van der Waals surface area contributed by atoms with Crippen molar-refractivity contribution < 1.29 is 9.59 Å². The van der Waals surface area contributed by atoms with Crippen molar-refractivity contribution in [1.29, 1.82) is 0 Å². The van der Waals surface area contributed by atoms with Gasteiger partial charge in [-0.05, 0) is 36.7 Å². The third-order valence-electron chi connectivity index (χ3n) is 5.00. The summed E-state index contributed by atoms with van der Waals surface area (Å²) in [6.07, 6.45) is 8.46. The number of rotatable bonds is 6. The van der Waals surface area contributed by atoms with E-state index >= 15 is 0 Å². The number of carbonyl (C=O) groups excluding carboxylic acids is 2. The van der Waals surface area contributed by atoms with E-state index in [2.05, 4.69) is 21.8 Å². The molecule has 1 aromatic heterocycles. The van der Waals surface area contributed by atoms with Crippen LogP contribution in [-0.2, 0) is 11.2 Å². The molecule has 0 aromatic carbocycles. The van der Waals surface area contributed by atoms with Crippen LogP contribution < -0.4 is 5.32 Å². The van der Waals surface area contributed by atoms with Crippen molar-refractivity contribution in [2.75, 3.05) is 13.1 Å². The van der Waals surface area contributed by atoms with E-state index in [4.69, 9.17) is 0 Å². The molecule has 24 heavy (non-hydrogen) atoms. The summed E-state index contributed by atoms with van der Waals surface area (Å²) in [6, 6.07) is -0.0924. The van der Waals surface area contributed by atoms with Gasteiger partial charge in [0.05, 0.1) is 11.7 Å². The normalized spacial score (nSPS) is 22.1. The number of amides is 2. The van der Waals surface area contributed by atoms with E-state index in [0.717, 1.165) is 36.6 Å². The summed E-state index contributed by atoms with van der Waals surface area (Å²) in [5.41, 5.74) is 0.767. The molecule has 2 aliphatic rings. The lowest BCUT2D eigenvalue weighted by Gasteiger charge is -2.27. The van der Waals surface area contributed by atoms with Crippen molar-refractivity contribution in [3.05, 3.63) is 10.6 Å². The van der Waals surface area contributed by atoms with Gasteiger partial charge in [0, 0.05) is 19.5 Å². The Kier molecular flexibility index (Phi) is 5.81. The maximum Gasteiger partial charge on any atom is 0.265 e. The number of carbonyl (C=O) groups is 2. The molecule has 2 fully saturated rings. The third-order valence-corrected chi connectivity index (χ3v) is 5.77. The van der Waals surface area contributed by atoms with Gasteiger partial charge in [-0.1, -0.05) is 37.1 Å². The Hall–Kier alpha value is -1.50. The molecule has 1 N–H and O–H groups in total. The maximum atomic E-state index is 12.5. The van der Waals surface area contributed by atoms with Gasteiger partial charge < -0.3 is 10.2 Å². The van der Waals surface area contributed by atoms with Crippen molar-refractivity contribution in [1.82, 2.24) is 19.8 Å². The van der Waals surface area contributed by atoms with Crippen LogP contribution >= 0.6 is 11.5 Å². The van der Waals surface area contributed by atoms with E-state index in [0.29, 0.717) is 23.8 Å². The summed E-state index contributed by atoms with van der Waals surface area (Å²) in [6.45, 7) is 3.55. The Balaban J connectivity index is 1.53. The fourth-order valence-corrected chi connectivity index (χ4v) is 4.37. The molecule has 3 rings (SSSR count). The van der Waals surface area contributed by atoms with Gasteiger partial charge >= 0.3 is 0 Å². The monoisotopic (exact) mass is 350 g/mol. The zero-order valence-corrected chi connectivity index (χ0v) is 15.1. The first kappa shape index (κ1) is 17.3. The van der Waals surface area contributed by atoms with Crippen molar-refractivity contribution in [3.8, 4) is 0 Å². The summed E-state index contributed by atoms with van der Waals surface area (Å²) in [5.74, 6) is 0.673. The van der Waals surface area contributed by atoms with E-state index in [1.165, 1.54) is 32.1 Å². The summed E-state index contributed by atoms with van der Waals surface area (Å²) in [4.78, 5) is 27.2. The molecule has 0 bridgehead atoms. The number of aryl methyl sites for hydroxylation is 1. The summed E-state index contributed by atoms with van der Waals surface area (Å²) >= 11 is 1.14. The smallest absolute Gasteiger partial charge is 0.265 e. The molecule has 7 heteroatoms. The second-order valence-electron chi connectivity index (χ2n) is 6.98. The minimum Gasteiger partial charge on any atom is -0.346 e. The Morgan fingerprint density at radius 1 is 1.33 bits per heavy atom. The molecule has 0 spiro atoms. The van der Waals surface area contributed by atoms with E-state index in [1.807, 2.05) is 4.90 Å². The predicted octanol–water partition coefficient (Wildman–Crippen LogP) is 2.40. The van der Waals surface area contributed by atoms with Gasteiger partial charge in [-0.15, -0.1) is 5.10 Å². The lowest BCUT2D eigenvalue weighted by molar-refractivity contribution is -0.128. The molecular formula is C17H26N4O2S. The number of hydrogen-bond acceptors (Lipinski definition) is 5. The van der Waals surface area contributed by atoms with E-state index < -0.39 is 0 Å². The first-order valence-corrected chi connectivity index (χ1v) is 9.84. The Morgan fingerprint density at radius 2 is 2.12 bits per heavy atom. The van der Waals surface area contributed by atoms with Crippen LogP contribution in [0.5, 0.6) is 0 Å². The van der Waals surface area contributed by atoms with Gasteiger partial charge in [0.15, 0.2) is 0 Å². The van der Waals surface area contributed by atoms with Crippen LogP contribution in [-0.4, -0.2) is 45.4 Å². The molecule has 1 aliphatic carbocycles. The fraction of sp³-hybridized carbons (Fsp3) is 0.765. The van der Waals surface area contributed by atoms with Gasteiger partial charge in [0.1, 0.15) is 4.88 Å². The molecule has 2 heterocycles.